The van der Waals surface area contributed by atoms with Gasteiger partial charge in [-0.15, -0.1) is 0 Å². The van der Waals surface area contributed by atoms with Gasteiger partial charge in [-0.1, -0.05) is 60.6 Å². The lowest BCUT2D eigenvalue weighted by molar-refractivity contribution is 0.0595. The standard InChI is InChI=1S/C27H24FNO4/c1-3-13-32-17-21-14-20(10-11-22(21)18-7-5-4-6-8-18)26-16-25(29-33-26)19-9-12-23(24(28)15-19)27(30)31-2/h4-12,14-16H,3,13,17H2,1-2H3. The number of nitrogens with zero attached hydrogens (tertiary/aromatic N) is 1. The number of halogens is 1. The highest BCUT2D eigenvalue weighted by molar-refractivity contribution is 5.90. The minimum atomic E-state index is -0.726. The average molecular weight is 445 g/mol. The van der Waals surface area contributed by atoms with Gasteiger partial charge in [0.15, 0.2) is 5.76 Å². The van der Waals surface area contributed by atoms with E-state index in [0.29, 0.717) is 30.2 Å². The summed E-state index contributed by atoms with van der Waals surface area (Å²) in [6.45, 7) is 3.23. The maximum atomic E-state index is 14.3. The summed E-state index contributed by atoms with van der Waals surface area (Å²) in [7, 11) is 1.21. The first-order valence-electron chi connectivity index (χ1n) is 10.7. The zero-order valence-corrected chi connectivity index (χ0v) is 18.5. The summed E-state index contributed by atoms with van der Waals surface area (Å²) in [4.78, 5) is 11.6. The van der Waals surface area contributed by atoms with Crippen LogP contribution in [0.15, 0.2) is 77.3 Å². The van der Waals surface area contributed by atoms with Crippen molar-refractivity contribution in [3.63, 3.8) is 0 Å². The van der Waals surface area contributed by atoms with Gasteiger partial charge >= 0.3 is 5.97 Å². The quantitative estimate of drug-likeness (QED) is 0.228. The number of carbonyl (C=O) groups excluding carboxylic acids is 1. The fourth-order valence-electron chi connectivity index (χ4n) is 3.59. The third-order valence-electron chi connectivity index (χ3n) is 5.26. The molecular formula is C27H24FNO4. The van der Waals surface area contributed by atoms with Crippen LogP contribution in [0.5, 0.6) is 0 Å². The Morgan fingerprint density at radius 1 is 0.970 bits per heavy atom. The first-order valence-corrected chi connectivity index (χ1v) is 10.7. The lowest BCUT2D eigenvalue weighted by atomic mass is 9.97. The van der Waals surface area contributed by atoms with Crippen LogP contribution >= 0.6 is 0 Å². The van der Waals surface area contributed by atoms with Crippen molar-refractivity contribution in [2.75, 3.05) is 13.7 Å². The molecule has 6 heteroatoms. The molecule has 0 N–H and O–H groups in total. The molecule has 5 nitrogen and oxygen atoms in total. The molecule has 0 aliphatic carbocycles. The number of rotatable bonds is 8. The van der Waals surface area contributed by atoms with Crippen molar-refractivity contribution in [2.45, 2.75) is 20.0 Å². The summed E-state index contributed by atoms with van der Waals surface area (Å²) in [5.74, 6) is -0.846. The number of hydrogen-bond donors (Lipinski definition) is 0. The number of benzene rings is 3. The molecule has 3 aromatic carbocycles. The number of aromatic nitrogens is 1. The Bertz CT molecular complexity index is 1250. The van der Waals surface area contributed by atoms with Crippen molar-refractivity contribution < 1.29 is 23.2 Å². The van der Waals surface area contributed by atoms with Gasteiger partial charge in [-0.05, 0) is 41.3 Å². The van der Waals surface area contributed by atoms with Gasteiger partial charge in [-0.3, -0.25) is 0 Å². The highest BCUT2D eigenvalue weighted by atomic mass is 19.1. The first-order chi connectivity index (χ1) is 16.1. The van der Waals surface area contributed by atoms with E-state index in [-0.39, 0.29) is 5.56 Å². The van der Waals surface area contributed by atoms with Crippen LogP contribution in [0.1, 0.15) is 29.3 Å². The second kappa shape index (κ2) is 10.2. The van der Waals surface area contributed by atoms with Crippen molar-refractivity contribution in [2.24, 2.45) is 0 Å². The molecule has 0 aliphatic rings. The van der Waals surface area contributed by atoms with E-state index >= 15 is 0 Å². The molecule has 0 amide bonds. The summed E-state index contributed by atoms with van der Waals surface area (Å²) in [5, 5.41) is 4.10. The Morgan fingerprint density at radius 2 is 1.76 bits per heavy atom. The van der Waals surface area contributed by atoms with Crippen LogP contribution in [0.4, 0.5) is 4.39 Å². The van der Waals surface area contributed by atoms with Crippen LogP contribution in [0.3, 0.4) is 0 Å². The van der Waals surface area contributed by atoms with Crippen molar-refractivity contribution in [3.8, 4) is 33.7 Å². The number of hydrogen-bond acceptors (Lipinski definition) is 5. The predicted molar refractivity (Wildman–Crippen MR) is 124 cm³/mol. The summed E-state index contributed by atoms with van der Waals surface area (Å²) in [6.07, 6.45) is 0.942. The van der Waals surface area contributed by atoms with E-state index in [1.807, 2.05) is 36.4 Å². The van der Waals surface area contributed by atoms with Crippen LogP contribution in [0.25, 0.3) is 33.7 Å². The molecule has 0 saturated heterocycles. The van der Waals surface area contributed by atoms with E-state index in [1.165, 1.54) is 19.2 Å². The lowest BCUT2D eigenvalue weighted by Crippen LogP contribution is -2.04. The van der Waals surface area contributed by atoms with Gasteiger partial charge in [0.1, 0.15) is 11.5 Å². The largest absolute Gasteiger partial charge is 0.465 e. The minimum absolute atomic E-state index is 0.127. The fourth-order valence-corrected chi connectivity index (χ4v) is 3.59. The summed E-state index contributed by atoms with van der Waals surface area (Å²) >= 11 is 0. The summed E-state index contributed by atoms with van der Waals surface area (Å²) < 4.78 is 30.3. The topological polar surface area (TPSA) is 61.6 Å². The predicted octanol–water partition coefficient (Wildman–Crippen LogP) is 6.53. The molecule has 1 heterocycles. The minimum Gasteiger partial charge on any atom is -0.465 e. The third kappa shape index (κ3) is 5.02. The maximum absolute atomic E-state index is 14.3. The van der Waals surface area contributed by atoms with Crippen molar-refractivity contribution in [1.29, 1.82) is 0 Å². The molecule has 0 radical (unpaired) electrons. The van der Waals surface area contributed by atoms with Crippen molar-refractivity contribution in [1.82, 2.24) is 5.16 Å². The van der Waals surface area contributed by atoms with Gasteiger partial charge in [0.05, 0.1) is 19.3 Å². The second-order valence-electron chi connectivity index (χ2n) is 7.55. The van der Waals surface area contributed by atoms with E-state index in [2.05, 4.69) is 28.9 Å². The molecule has 4 aromatic rings. The van der Waals surface area contributed by atoms with Crippen LogP contribution in [0, 0.1) is 5.82 Å². The van der Waals surface area contributed by atoms with Gasteiger partial charge in [-0.25, -0.2) is 9.18 Å². The van der Waals surface area contributed by atoms with E-state index < -0.39 is 11.8 Å². The van der Waals surface area contributed by atoms with Gasteiger partial charge in [0, 0.05) is 23.8 Å². The fraction of sp³-hybridized carbons (Fsp3) is 0.185. The van der Waals surface area contributed by atoms with Crippen LogP contribution < -0.4 is 0 Å². The Labute approximate surface area is 191 Å². The summed E-state index contributed by atoms with van der Waals surface area (Å²) in [5.41, 5.74) is 4.93. The van der Waals surface area contributed by atoms with Crippen LogP contribution in [-0.4, -0.2) is 24.8 Å². The van der Waals surface area contributed by atoms with Gasteiger partial charge in [0.25, 0.3) is 0 Å². The maximum Gasteiger partial charge on any atom is 0.340 e. The van der Waals surface area contributed by atoms with E-state index in [9.17, 15) is 9.18 Å². The van der Waals surface area contributed by atoms with E-state index in [4.69, 9.17) is 9.26 Å². The molecule has 4 rings (SSSR count). The van der Waals surface area contributed by atoms with E-state index in [0.717, 1.165) is 28.7 Å². The molecule has 0 aliphatic heterocycles. The molecule has 0 bridgehead atoms. The third-order valence-corrected chi connectivity index (χ3v) is 5.26. The molecule has 0 fully saturated rings. The molecule has 33 heavy (non-hydrogen) atoms. The SMILES string of the molecule is CCCOCc1cc(-c2cc(-c3ccc(C(=O)OC)c(F)c3)no2)ccc1-c1ccccc1. The Hall–Kier alpha value is -3.77. The Kier molecular flexibility index (Phi) is 6.95. The molecule has 0 spiro atoms. The van der Waals surface area contributed by atoms with Crippen molar-refractivity contribution >= 4 is 5.97 Å². The first kappa shape index (κ1) is 22.4. The number of ether oxygens (including phenoxy) is 2. The second-order valence-corrected chi connectivity index (χ2v) is 7.55. The molecule has 0 unspecified atom stereocenters. The van der Waals surface area contributed by atoms with Crippen LogP contribution in [0.2, 0.25) is 0 Å². The lowest BCUT2D eigenvalue weighted by Gasteiger charge is -2.12. The summed E-state index contributed by atoms with van der Waals surface area (Å²) in [6, 6.07) is 22.2. The monoisotopic (exact) mass is 445 g/mol. The number of carbonyl (C=O) groups is 1. The molecular weight excluding hydrogens is 421 g/mol. The number of esters is 1. The van der Waals surface area contributed by atoms with Gasteiger partial charge < -0.3 is 14.0 Å². The molecule has 0 atom stereocenters. The number of methoxy groups -OCH3 is 1. The van der Waals surface area contributed by atoms with Gasteiger partial charge in [0.2, 0.25) is 0 Å². The molecule has 1 aromatic heterocycles. The Morgan fingerprint density at radius 3 is 2.48 bits per heavy atom. The van der Waals surface area contributed by atoms with E-state index in [1.54, 1.807) is 12.1 Å². The van der Waals surface area contributed by atoms with Crippen molar-refractivity contribution in [3.05, 3.63) is 89.7 Å². The Balaban J connectivity index is 1.65. The highest BCUT2D eigenvalue weighted by Crippen LogP contribution is 2.32. The highest BCUT2D eigenvalue weighted by Gasteiger charge is 2.16. The molecule has 0 saturated carbocycles. The zero-order valence-electron chi connectivity index (χ0n) is 18.5. The average Bonchev–Trinajstić information content (AvgIpc) is 3.34. The van der Waals surface area contributed by atoms with Crippen LogP contribution in [-0.2, 0) is 16.1 Å². The smallest absolute Gasteiger partial charge is 0.340 e. The molecule has 168 valence electrons. The van der Waals surface area contributed by atoms with Gasteiger partial charge in [-0.2, -0.15) is 0 Å². The normalized spacial score (nSPS) is 10.9. The zero-order chi connectivity index (χ0) is 23.2.